The molecule has 0 aliphatic heterocycles. The molecular weight excluding hydrogens is 262 g/mol. The summed E-state index contributed by atoms with van der Waals surface area (Å²) in [7, 11) is 0. The zero-order valence-corrected chi connectivity index (χ0v) is 10.9. The first kappa shape index (κ1) is 14.0. The molecule has 2 rings (SSSR count). The predicted molar refractivity (Wildman–Crippen MR) is 74.8 cm³/mol. The van der Waals surface area contributed by atoms with E-state index in [0.29, 0.717) is 12.2 Å². The van der Waals surface area contributed by atoms with Gasteiger partial charge in [0.25, 0.3) is 11.4 Å². The lowest BCUT2D eigenvalue weighted by molar-refractivity contribution is -0.393. The quantitative estimate of drug-likeness (QED) is 0.488. The van der Waals surface area contributed by atoms with Gasteiger partial charge in [0, 0.05) is 12.6 Å². The highest BCUT2D eigenvalue weighted by atomic mass is 16.6. The van der Waals surface area contributed by atoms with Gasteiger partial charge in [-0.1, -0.05) is 11.6 Å². The standard InChI is InChI=1S/C13H15N3O4/c17-15(18)11-5-6-12(13(9-11)16(19)20)14-8-7-10-3-1-2-4-10/h3,5-6,9,14H,1-2,4,7-8H2. The number of benzene rings is 1. The van der Waals surface area contributed by atoms with Crippen LogP contribution in [0.1, 0.15) is 25.7 Å². The summed E-state index contributed by atoms with van der Waals surface area (Å²) in [5.74, 6) is 0. The summed E-state index contributed by atoms with van der Waals surface area (Å²) in [5, 5.41) is 24.6. The maximum Gasteiger partial charge on any atom is 0.299 e. The number of hydrogen-bond donors (Lipinski definition) is 1. The normalized spacial score (nSPS) is 13.9. The van der Waals surface area contributed by atoms with Crippen molar-refractivity contribution in [3.63, 3.8) is 0 Å². The second kappa shape index (κ2) is 6.14. The zero-order valence-electron chi connectivity index (χ0n) is 10.9. The summed E-state index contributed by atoms with van der Waals surface area (Å²) < 4.78 is 0. The Balaban J connectivity index is 2.06. The third-order valence-corrected chi connectivity index (χ3v) is 3.29. The van der Waals surface area contributed by atoms with E-state index in [1.165, 1.54) is 24.1 Å². The van der Waals surface area contributed by atoms with E-state index in [1.807, 2.05) is 0 Å². The molecule has 0 saturated heterocycles. The fourth-order valence-electron chi connectivity index (χ4n) is 2.26. The van der Waals surface area contributed by atoms with Gasteiger partial charge in [-0.15, -0.1) is 0 Å². The molecule has 1 aromatic rings. The largest absolute Gasteiger partial charge is 0.379 e. The molecule has 0 radical (unpaired) electrons. The van der Waals surface area contributed by atoms with Crippen LogP contribution in [-0.4, -0.2) is 16.4 Å². The maximum atomic E-state index is 10.9. The van der Waals surface area contributed by atoms with Crippen molar-refractivity contribution >= 4 is 17.1 Å². The van der Waals surface area contributed by atoms with Crippen LogP contribution in [0.15, 0.2) is 29.8 Å². The zero-order chi connectivity index (χ0) is 14.5. The first-order valence-electron chi connectivity index (χ1n) is 6.42. The minimum absolute atomic E-state index is 0.264. The molecule has 7 nitrogen and oxygen atoms in total. The summed E-state index contributed by atoms with van der Waals surface area (Å²) in [6.45, 7) is 0.588. The molecule has 0 amide bonds. The van der Waals surface area contributed by atoms with Crippen LogP contribution in [0, 0.1) is 20.2 Å². The van der Waals surface area contributed by atoms with Crippen molar-refractivity contribution in [2.24, 2.45) is 0 Å². The van der Waals surface area contributed by atoms with E-state index in [0.717, 1.165) is 25.3 Å². The van der Waals surface area contributed by atoms with Crippen LogP contribution < -0.4 is 5.32 Å². The van der Waals surface area contributed by atoms with E-state index in [-0.39, 0.29) is 11.4 Å². The molecule has 0 spiro atoms. The highest BCUT2D eigenvalue weighted by Crippen LogP contribution is 2.29. The Morgan fingerprint density at radius 2 is 2.00 bits per heavy atom. The third kappa shape index (κ3) is 3.31. The van der Waals surface area contributed by atoms with E-state index in [2.05, 4.69) is 11.4 Å². The van der Waals surface area contributed by atoms with Crippen LogP contribution >= 0.6 is 0 Å². The van der Waals surface area contributed by atoms with Crippen molar-refractivity contribution in [3.05, 3.63) is 50.1 Å². The maximum absolute atomic E-state index is 10.9. The summed E-state index contributed by atoms with van der Waals surface area (Å²) in [6.07, 6.45) is 6.41. The Hall–Kier alpha value is -2.44. The van der Waals surface area contributed by atoms with E-state index >= 15 is 0 Å². The van der Waals surface area contributed by atoms with E-state index in [4.69, 9.17) is 0 Å². The van der Waals surface area contributed by atoms with Gasteiger partial charge >= 0.3 is 0 Å². The molecule has 0 saturated carbocycles. The van der Waals surface area contributed by atoms with Crippen molar-refractivity contribution < 1.29 is 9.85 Å². The second-order valence-corrected chi connectivity index (χ2v) is 4.65. The predicted octanol–water partition coefficient (Wildman–Crippen LogP) is 3.42. The monoisotopic (exact) mass is 277 g/mol. The van der Waals surface area contributed by atoms with Crippen molar-refractivity contribution in [3.8, 4) is 0 Å². The Morgan fingerprint density at radius 3 is 2.60 bits per heavy atom. The molecule has 0 unspecified atom stereocenters. The first-order chi connectivity index (χ1) is 9.58. The van der Waals surface area contributed by atoms with E-state index in [9.17, 15) is 20.2 Å². The summed E-state index contributed by atoms with van der Waals surface area (Å²) in [6, 6.07) is 3.64. The van der Waals surface area contributed by atoms with Crippen LogP contribution in [0.3, 0.4) is 0 Å². The molecule has 0 heterocycles. The van der Waals surface area contributed by atoms with Crippen molar-refractivity contribution in [2.75, 3.05) is 11.9 Å². The van der Waals surface area contributed by atoms with Crippen molar-refractivity contribution in [2.45, 2.75) is 25.7 Å². The molecule has 20 heavy (non-hydrogen) atoms. The molecule has 1 aliphatic rings. The molecule has 1 aromatic carbocycles. The van der Waals surface area contributed by atoms with Gasteiger partial charge in [-0.3, -0.25) is 20.2 Å². The Kier molecular flexibility index (Phi) is 4.29. The first-order valence-corrected chi connectivity index (χ1v) is 6.42. The van der Waals surface area contributed by atoms with E-state index < -0.39 is 9.85 Å². The highest BCUT2D eigenvalue weighted by molar-refractivity contribution is 5.65. The molecule has 1 aliphatic carbocycles. The lowest BCUT2D eigenvalue weighted by atomic mass is 10.1. The van der Waals surface area contributed by atoms with Crippen LogP contribution in [-0.2, 0) is 0 Å². The molecule has 7 heteroatoms. The van der Waals surface area contributed by atoms with Crippen LogP contribution in [0.25, 0.3) is 0 Å². The van der Waals surface area contributed by atoms with Crippen LogP contribution in [0.2, 0.25) is 0 Å². The number of nitro groups is 2. The van der Waals surface area contributed by atoms with Crippen molar-refractivity contribution in [1.82, 2.24) is 0 Å². The summed E-state index contributed by atoms with van der Waals surface area (Å²) >= 11 is 0. The average Bonchev–Trinajstić information content (AvgIpc) is 2.91. The van der Waals surface area contributed by atoms with Gasteiger partial charge in [0.1, 0.15) is 5.69 Å². The Morgan fingerprint density at radius 1 is 1.20 bits per heavy atom. The number of anilines is 1. The third-order valence-electron chi connectivity index (χ3n) is 3.29. The Labute approximate surface area is 115 Å². The SMILES string of the molecule is O=[N+]([O-])c1ccc(NCCC2=CCCC2)c([N+](=O)[O-])c1. The molecule has 0 bridgehead atoms. The molecule has 0 atom stereocenters. The summed E-state index contributed by atoms with van der Waals surface area (Å²) in [4.78, 5) is 20.3. The van der Waals surface area contributed by atoms with Crippen LogP contribution in [0.4, 0.5) is 17.1 Å². The highest BCUT2D eigenvalue weighted by Gasteiger charge is 2.19. The smallest absolute Gasteiger partial charge is 0.299 e. The number of nitrogens with zero attached hydrogens (tertiary/aromatic N) is 2. The lowest BCUT2D eigenvalue weighted by Crippen LogP contribution is -2.05. The second-order valence-electron chi connectivity index (χ2n) is 4.65. The molecule has 1 N–H and O–H groups in total. The van der Waals surface area contributed by atoms with Gasteiger partial charge in [0.05, 0.1) is 15.9 Å². The van der Waals surface area contributed by atoms with Crippen LogP contribution in [0.5, 0.6) is 0 Å². The van der Waals surface area contributed by atoms with Gasteiger partial charge in [-0.2, -0.15) is 0 Å². The average molecular weight is 277 g/mol. The fraction of sp³-hybridized carbons (Fsp3) is 0.385. The topological polar surface area (TPSA) is 98.3 Å². The van der Waals surface area contributed by atoms with Crippen molar-refractivity contribution in [1.29, 1.82) is 0 Å². The molecule has 106 valence electrons. The number of nitro benzene ring substituents is 2. The van der Waals surface area contributed by atoms with Gasteiger partial charge in [0.15, 0.2) is 0 Å². The number of hydrogen-bond acceptors (Lipinski definition) is 5. The Bertz CT molecular complexity index is 569. The van der Waals surface area contributed by atoms with E-state index in [1.54, 1.807) is 0 Å². The number of rotatable bonds is 6. The molecular formula is C13H15N3O4. The lowest BCUT2D eigenvalue weighted by Gasteiger charge is -2.07. The number of non-ortho nitro benzene ring substituents is 1. The fourth-order valence-corrected chi connectivity index (χ4v) is 2.26. The minimum Gasteiger partial charge on any atom is -0.379 e. The number of allylic oxidation sites excluding steroid dienone is 1. The summed E-state index contributed by atoms with van der Waals surface area (Å²) in [5.41, 5.74) is 1.14. The van der Waals surface area contributed by atoms with Gasteiger partial charge in [-0.05, 0) is 31.7 Å². The molecule has 0 fully saturated rings. The minimum atomic E-state index is -0.639. The van der Waals surface area contributed by atoms with Gasteiger partial charge < -0.3 is 5.32 Å². The number of nitrogens with one attached hydrogen (secondary N) is 1. The van der Waals surface area contributed by atoms with Gasteiger partial charge in [-0.25, -0.2) is 0 Å². The molecule has 0 aromatic heterocycles. The van der Waals surface area contributed by atoms with Gasteiger partial charge in [0.2, 0.25) is 0 Å².